The number of rotatable bonds is 6. The molecule has 3 N–H and O–H groups in total. The van der Waals surface area contributed by atoms with Crippen molar-refractivity contribution in [3.8, 4) is 0 Å². The second-order valence-corrected chi connectivity index (χ2v) is 4.44. The average molecular weight is 246 g/mol. The van der Waals surface area contributed by atoms with Crippen LogP contribution in [0.3, 0.4) is 0 Å². The summed E-state index contributed by atoms with van der Waals surface area (Å²) in [5.41, 5.74) is 7.36. The van der Waals surface area contributed by atoms with Crippen molar-refractivity contribution in [2.75, 3.05) is 6.61 Å². The highest BCUT2D eigenvalue weighted by atomic mass is 16.2. The molecule has 2 aromatic rings. The van der Waals surface area contributed by atoms with Gasteiger partial charge in [-0.25, -0.2) is 0 Å². The van der Waals surface area contributed by atoms with E-state index in [4.69, 9.17) is 10.8 Å². The molecule has 1 heterocycles. The van der Waals surface area contributed by atoms with Gasteiger partial charge in [0.1, 0.15) is 0 Å². The molecule has 0 aliphatic rings. The Labute approximate surface area is 106 Å². The minimum absolute atomic E-state index is 0.216. The van der Waals surface area contributed by atoms with Gasteiger partial charge in [-0.1, -0.05) is 18.2 Å². The zero-order valence-corrected chi connectivity index (χ0v) is 10.3. The number of primary amides is 1. The third-order valence-corrected chi connectivity index (χ3v) is 3.04. The molecule has 0 atom stereocenters. The van der Waals surface area contributed by atoms with Gasteiger partial charge in [0.2, 0.25) is 5.91 Å². The first kappa shape index (κ1) is 12.6. The second kappa shape index (κ2) is 5.69. The lowest BCUT2D eigenvalue weighted by molar-refractivity contribution is -0.117. The first-order chi connectivity index (χ1) is 8.72. The number of fused-ring (bicyclic) bond motifs is 1. The number of aryl methyl sites for hydroxylation is 1. The van der Waals surface area contributed by atoms with Crippen LogP contribution in [0.15, 0.2) is 30.5 Å². The highest BCUT2D eigenvalue weighted by Crippen LogP contribution is 2.22. The molecule has 4 heteroatoms. The average Bonchev–Trinajstić information content (AvgIpc) is 2.68. The van der Waals surface area contributed by atoms with E-state index in [9.17, 15) is 4.79 Å². The maximum absolute atomic E-state index is 11.1. The number of unbranched alkanes of at least 4 members (excludes halogenated alkanes) is 1. The Morgan fingerprint density at radius 3 is 2.78 bits per heavy atom. The number of carbonyl (C=O) groups is 1. The summed E-state index contributed by atoms with van der Waals surface area (Å²) >= 11 is 0. The van der Waals surface area contributed by atoms with E-state index >= 15 is 0 Å². The fourth-order valence-corrected chi connectivity index (χ4v) is 2.23. The van der Waals surface area contributed by atoms with E-state index in [0.29, 0.717) is 0 Å². The van der Waals surface area contributed by atoms with Crippen LogP contribution in [0, 0.1) is 0 Å². The minimum Gasteiger partial charge on any atom is -0.396 e. The Morgan fingerprint density at radius 1 is 1.28 bits per heavy atom. The van der Waals surface area contributed by atoms with E-state index in [1.54, 1.807) is 0 Å². The number of amides is 1. The van der Waals surface area contributed by atoms with Crippen LogP contribution in [0.5, 0.6) is 0 Å². The lowest BCUT2D eigenvalue weighted by Crippen LogP contribution is -2.13. The highest BCUT2D eigenvalue weighted by Gasteiger charge is 2.09. The Hall–Kier alpha value is -1.81. The molecule has 4 nitrogen and oxygen atoms in total. The Balaban J connectivity index is 2.31. The molecule has 1 amide bonds. The number of aliphatic hydroxyl groups is 1. The fraction of sp³-hybridized carbons (Fsp3) is 0.357. The van der Waals surface area contributed by atoms with E-state index < -0.39 is 0 Å². The predicted molar refractivity (Wildman–Crippen MR) is 71.2 cm³/mol. The smallest absolute Gasteiger partial charge is 0.221 e. The summed E-state index contributed by atoms with van der Waals surface area (Å²) in [6.07, 6.45) is 3.98. The van der Waals surface area contributed by atoms with Gasteiger partial charge in [-0.3, -0.25) is 4.79 Å². The quantitative estimate of drug-likeness (QED) is 0.757. The van der Waals surface area contributed by atoms with Crippen LogP contribution in [0.1, 0.15) is 18.4 Å². The number of carbonyl (C=O) groups excluding carboxylic acids is 1. The maximum Gasteiger partial charge on any atom is 0.221 e. The first-order valence-electron chi connectivity index (χ1n) is 6.18. The molecule has 1 aromatic carbocycles. The molecule has 18 heavy (non-hydrogen) atoms. The van der Waals surface area contributed by atoms with Crippen molar-refractivity contribution >= 4 is 16.8 Å². The molecule has 0 unspecified atom stereocenters. The minimum atomic E-state index is -0.312. The van der Waals surface area contributed by atoms with Crippen molar-refractivity contribution < 1.29 is 9.90 Å². The van der Waals surface area contributed by atoms with Crippen LogP contribution in [0.4, 0.5) is 0 Å². The molecule has 0 aliphatic heterocycles. The van der Waals surface area contributed by atoms with Gasteiger partial charge >= 0.3 is 0 Å². The first-order valence-corrected chi connectivity index (χ1v) is 6.18. The van der Waals surface area contributed by atoms with Crippen LogP contribution in [0.25, 0.3) is 10.9 Å². The SMILES string of the molecule is NC(=O)Cc1cn(CCCCO)c2ccccc12. The van der Waals surface area contributed by atoms with Gasteiger partial charge in [0.05, 0.1) is 6.42 Å². The summed E-state index contributed by atoms with van der Waals surface area (Å²) in [7, 11) is 0. The number of nitrogens with two attached hydrogens (primary N) is 1. The summed E-state index contributed by atoms with van der Waals surface area (Å²) in [5.74, 6) is -0.312. The normalized spacial score (nSPS) is 10.9. The number of nitrogens with zero attached hydrogens (tertiary/aromatic N) is 1. The van der Waals surface area contributed by atoms with Gasteiger partial charge in [0, 0.05) is 30.3 Å². The number of aromatic nitrogens is 1. The number of aliphatic hydroxyl groups excluding tert-OH is 1. The molecule has 0 bridgehead atoms. The third-order valence-electron chi connectivity index (χ3n) is 3.04. The van der Waals surface area contributed by atoms with Crippen LogP contribution in [-0.2, 0) is 17.8 Å². The third kappa shape index (κ3) is 2.71. The summed E-state index contributed by atoms with van der Waals surface area (Å²) in [6.45, 7) is 1.06. The van der Waals surface area contributed by atoms with Gasteiger partial charge in [-0.15, -0.1) is 0 Å². The number of hydrogen-bond acceptors (Lipinski definition) is 2. The lowest BCUT2D eigenvalue weighted by atomic mass is 10.1. The number of benzene rings is 1. The summed E-state index contributed by atoms with van der Waals surface area (Å²) < 4.78 is 2.13. The highest BCUT2D eigenvalue weighted by molar-refractivity contribution is 5.88. The molecule has 0 saturated heterocycles. The largest absolute Gasteiger partial charge is 0.396 e. The lowest BCUT2D eigenvalue weighted by Gasteiger charge is -2.03. The van der Waals surface area contributed by atoms with E-state index in [2.05, 4.69) is 4.57 Å². The van der Waals surface area contributed by atoms with Gasteiger partial charge in [0.25, 0.3) is 0 Å². The number of hydrogen-bond donors (Lipinski definition) is 2. The molecule has 0 radical (unpaired) electrons. The Kier molecular flexibility index (Phi) is 3.99. The topological polar surface area (TPSA) is 68.2 Å². The van der Waals surface area contributed by atoms with Crippen molar-refractivity contribution in [1.82, 2.24) is 4.57 Å². The summed E-state index contributed by atoms with van der Waals surface area (Å²) in [6, 6.07) is 8.00. The Bertz CT molecular complexity index is 546. The molecular weight excluding hydrogens is 228 g/mol. The molecule has 0 spiro atoms. The molecule has 0 aliphatic carbocycles. The van der Waals surface area contributed by atoms with Gasteiger partial charge in [-0.05, 0) is 24.5 Å². The van der Waals surface area contributed by atoms with Gasteiger partial charge in [-0.2, -0.15) is 0 Å². The maximum atomic E-state index is 11.1. The van der Waals surface area contributed by atoms with E-state index in [0.717, 1.165) is 35.9 Å². The van der Waals surface area contributed by atoms with E-state index in [-0.39, 0.29) is 18.9 Å². The van der Waals surface area contributed by atoms with Crippen LogP contribution in [-0.4, -0.2) is 22.2 Å². The zero-order valence-electron chi connectivity index (χ0n) is 10.3. The molecule has 96 valence electrons. The molecule has 0 saturated carbocycles. The molecular formula is C14H18N2O2. The van der Waals surface area contributed by atoms with Crippen LogP contribution >= 0.6 is 0 Å². The van der Waals surface area contributed by atoms with Crippen molar-refractivity contribution in [2.45, 2.75) is 25.8 Å². The molecule has 1 aromatic heterocycles. The fourth-order valence-electron chi connectivity index (χ4n) is 2.23. The standard InChI is InChI=1S/C14H18N2O2/c15-14(18)9-11-10-16(7-3-4-8-17)13-6-2-1-5-12(11)13/h1-2,5-6,10,17H,3-4,7-9H2,(H2,15,18). The zero-order chi connectivity index (χ0) is 13.0. The van der Waals surface area contributed by atoms with Gasteiger partial charge in [0.15, 0.2) is 0 Å². The Morgan fingerprint density at radius 2 is 2.06 bits per heavy atom. The summed E-state index contributed by atoms with van der Waals surface area (Å²) in [4.78, 5) is 11.1. The predicted octanol–water partition coefficient (Wildman–Crippen LogP) is 1.44. The van der Waals surface area contributed by atoms with Crippen molar-refractivity contribution in [3.63, 3.8) is 0 Å². The van der Waals surface area contributed by atoms with E-state index in [1.165, 1.54) is 0 Å². The molecule has 2 rings (SSSR count). The van der Waals surface area contributed by atoms with Crippen LogP contribution < -0.4 is 5.73 Å². The van der Waals surface area contributed by atoms with Crippen LogP contribution in [0.2, 0.25) is 0 Å². The molecule has 0 fully saturated rings. The van der Waals surface area contributed by atoms with Crippen molar-refractivity contribution in [3.05, 3.63) is 36.0 Å². The van der Waals surface area contributed by atoms with Crippen molar-refractivity contribution in [1.29, 1.82) is 0 Å². The monoisotopic (exact) mass is 246 g/mol. The second-order valence-electron chi connectivity index (χ2n) is 4.44. The van der Waals surface area contributed by atoms with E-state index in [1.807, 2.05) is 30.5 Å². The summed E-state index contributed by atoms with van der Waals surface area (Å²) in [5, 5.41) is 9.89. The van der Waals surface area contributed by atoms with Gasteiger partial charge < -0.3 is 15.4 Å². The van der Waals surface area contributed by atoms with Crippen molar-refractivity contribution in [2.24, 2.45) is 5.73 Å². The number of para-hydroxylation sites is 1.